The maximum atomic E-state index is 13.8. The molecule has 3 aromatic heterocycles. The number of nitrogens with two attached hydrogens (primary N) is 1. The van der Waals surface area contributed by atoms with Crippen molar-refractivity contribution in [1.29, 1.82) is 5.26 Å². The minimum Gasteiger partial charge on any atom is -0.339 e. The highest BCUT2D eigenvalue weighted by Crippen LogP contribution is 2.37. The molecule has 6 rings (SSSR count). The number of carbonyl (C=O) groups is 2. The Balaban J connectivity index is 1.17. The number of fused-ring (bicyclic) bond motifs is 1. The van der Waals surface area contributed by atoms with Crippen LogP contribution in [0.25, 0.3) is 16.9 Å². The highest BCUT2D eigenvalue weighted by Gasteiger charge is 2.38. The van der Waals surface area contributed by atoms with Gasteiger partial charge < -0.3 is 20.9 Å². The molecule has 234 valence electrons. The molecule has 2 aliphatic rings. The highest BCUT2D eigenvalue weighted by atomic mass is 35.5. The van der Waals surface area contributed by atoms with Crippen molar-refractivity contribution < 1.29 is 22.8 Å². The Morgan fingerprint density at radius 3 is 2.56 bits per heavy atom. The predicted molar refractivity (Wildman–Crippen MR) is 157 cm³/mol. The van der Waals surface area contributed by atoms with Gasteiger partial charge in [-0.3, -0.25) is 18.7 Å². The number of rotatable bonds is 6. The predicted octanol–water partition coefficient (Wildman–Crippen LogP) is 3.94. The maximum absolute atomic E-state index is 13.8. The fraction of sp³-hybridized carbons (Fsp3) is 0.379. The van der Waals surface area contributed by atoms with Gasteiger partial charge in [0.25, 0.3) is 5.91 Å². The van der Waals surface area contributed by atoms with Crippen LogP contribution < -0.4 is 11.1 Å². The van der Waals surface area contributed by atoms with Gasteiger partial charge in [0, 0.05) is 62.4 Å². The average molecular weight is 641 g/mol. The van der Waals surface area contributed by atoms with Crippen LogP contribution in [0.4, 0.5) is 24.7 Å². The molecule has 45 heavy (non-hydrogen) atoms. The van der Waals surface area contributed by atoms with Crippen LogP contribution in [0, 0.1) is 17.2 Å². The van der Waals surface area contributed by atoms with Crippen LogP contribution in [0.2, 0.25) is 5.02 Å². The summed E-state index contributed by atoms with van der Waals surface area (Å²) < 4.78 is 43.6. The minimum atomic E-state index is -4.75. The number of carbonyl (C=O) groups excluding carboxylic acids is 2. The van der Waals surface area contributed by atoms with E-state index in [1.165, 1.54) is 23.0 Å². The molecule has 0 radical (unpaired) electrons. The fourth-order valence-electron chi connectivity index (χ4n) is 5.88. The smallest absolute Gasteiger partial charge is 0.339 e. The van der Waals surface area contributed by atoms with Gasteiger partial charge in [0.05, 0.1) is 34.1 Å². The minimum absolute atomic E-state index is 0.0450. The van der Waals surface area contributed by atoms with Crippen LogP contribution in [0.1, 0.15) is 35.3 Å². The molecule has 3 N–H and O–H groups in total. The Morgan fingerprint density at radius 1 is 1.13 bits per heavy atom. The van der Waals surface area contributed by atoms with E-state index in [1.807, 2.05) is 0 Å². The summed E-state index contributed by atoms with van der Waals surface area (Å²) in [4.78, 5) is 38.2. The van der Waals surface area contributed by atoms with Gasteiger partial charge in [-0.05, 0) is 37.5 Å². The Morgan fingerprint density at radius 2 is 1.89 bits per heavy atom. The van der Waals surface area contributed by atoms with Gasteiger partial charge >= 0.3 is 6.18 Å². The Labute approximate surface area is 260 Å². The van der Waals surface area contributed by atoms with Crippen molar-refractivity contribution in [3.05, 3.63) is 59.3 Å². The number of alkyl halides is 3. The molecule has 0 unspecified atom stereocenters. The number of hydrogen-bond donors (Lipinski definition) is 2. The van der Waals surface area contributed by atoms with Gasteiger partial charge in [0.2, 0.25) is 5.91 Å². The van der Waals surface area contributed by atoms with Crippen molar-refractivity contribution in [2.45, 2.75) is 38.0 Å². The third-order valence-corrected chi connectivity index (χ3v) is 8.44. The number of nitriles is 1. The molecule has 0 spiro atoms. The number of nitrogens with one attached hydrogen (secondary N) is 1. The second kappa shape index (κ2) is 12.0. The third kappa shape index (κ3) is 6.03. The lowest BCUT2D eigenvalue weighted by Crippen LogP contribution is -2.51. The topological polar surface area (TPSA) is 150 Å². The Bertz CT molecular complexity index is 1810. The molecule has 1 saturated carbocycles. The summed E-state index contributed by atoms with van der Waals surface area (Å²) in [6.45, 7) is 1.32. The van der Waals surface area contributed by atoms with Crippen LogP contribution in [-0.2, 0) is 17.5 Å². The number of imidazole rings is 1. The van der Waals surface area contributed by atoms with Crippen molar-refractivity contribution in [3.63, 3.8) is 0 Å². The summed E-state index contributed by atoms with van der Waals surface area (Å²) in [6.07, 6.45) is 2.90. The number of anilines is 2. The van der Waals surface area contributed by atoms with Crippen LogP contribution in [0.5, 0.6) is 0 Å². The first-order valence-electron chi connectivity index (χ1n) is 14.3. The zero-order valence-electron chi connectivity index (χ0n) is 23.8. The largest absolute Gasteiger partial charge is 0.435 e. The average Bonchev–Trinajstić information content (AvgIpc) is 3.75. The molecule has 4 heterocycles. The lowest BCUT2D eigenvalue weighted by atomic mass is 10.1. The summed E-state index contributed by atoms with van der Waals surface area (Å²) in [5.74, 6) is 0.0426. The Hall–Kier alpha value is -4.68. The molecular weight excluding hydrogens is 613 g/mol. The number of aromatic nitrogens is 5. The number of benzene rings is 1. The van der Waals surface area contributed by atoms with E-state index in [9.17, 15) is 22.8 Å². The second-order valence-electron chi connectivity index (χ2n) is 11.1. The van der Waals surface area contributed by atoms with Crippen LogP contribution in [0.3, 0.4) is 0 Å². The zero-order chi connectivity index (χ0) is 31.9. The molecule has 2 fully saturated rings. The van der Waals surface area contributed by atoms with E-state index in [0.29, 0.717) is 43.9 Å². The quantitative estimate of drug-likeness (QED) is 0.322. The van der Waals surface area contributed by atoms with Crippen LogP contribution in [-0.4, -0.2) is 78.0 Å². The molecule has 1 saturated heterocycles. The molecule has 16 heteroatoms. The third-order valence-electron chi connectivity index (χ3n) is 8.13. The first-order chi connectivity index (χ1) is 21.5. The van der Waals surface area contributed by atoms with E-state index in [2.05, 4.69) is 20.4 Å². The molecule has 1 aliphatic heterocycles. The number of amides is 2. The van der Waals surface area contributed by atoms with Crippen molar-refractivity contribution >= 4 is 40.6 Å². The normalized spacial score (nSPS) is 18.8. The van der Waals surface area contributed by atoms with Gasteiger partial charge in [0.1, 0.15) is 6.54 Å². The SMILES string of the molecule is N#CCn1cc(-c2cnc3c(Nc4ccc(C(=O)N5CCN(C(=O)[C@@H]6CC[C@@H](N)C6)CC5)c(Cl)c4)nccn23)c(C(F)(F)F)n1. The van der Waals surface area contributed by atoms with E-state index in [4.69, 9.17) is 22.6 Å². The molecule has 1 aliphatic carbocycles. The summed E-state index contributed by atoms with van der Waals surface area (Å²) in [7, 11) is 0. The number of hydrogen-bond acceptors (Lipinski definition) is 8. The maximum Gasteiger partial charge on any atom is 0.435 e. The van der Waals surface area contributed by atoms with E-state index >= 15 is 0 Å². The second-order valence-corrected chi connectivity index (χ2v) is 11.5. The molecule has 2 atom stereocenters. The van der Waals surface area contributed by atoms with Crippen molar-refractivity contribution in [3.8, 4) is 17.3 Å². The molecule has 0 bridgehead atoms. The summed E-state index contributed by atoms with van der Waals surface area (Å²) >= 11 is 6.54. The lowest BCUT2D eigenvalue weighted by Gasteiger charge is -2.36. The summed E-state index contributed by atoms with van der Waals surface area (Å²) in [5.41, 5.74) is 5.72. The number of halogens is 4. The summed E-state index contributed by atoms with van der Waals surface area (Å²) in [6, 6.07) is 6.64. The van der Waals surface area contributed by atoms with Crippen molar-refractivity contribution in [2.24, 2.45) is 11.7 Å². The van der Waals surface area contributed by atoms with E-state index < -0.39 is 11.9 Å². The molecular formula is C29H28ClF3N10O2. The first-order valence-corrected chi connectivity index (χ1v) is 14.7. The fourth-order valence-corrected chi connectivity index (χ4v) is 6.14. The van der Waals surface area contributed by atoms with Crippen molar-refractivity contribution in [1.82, 2.24) is 33.9 Å². The van der Waals surface area contributed by atoms with Gasteiger partial charge in [0.15, 0.2) is 17.2 Å². The van der Waals surface area contributed by atoms with E-state index in [1.54, 1.807) is 34.1 Å². The highest BCUT2D eigenvalue weighted by molar-refractivity contribution is 6.34. The first kappa shape index (κ1) is 30.4. The van der Waals surface area contributed by atoms with E-state index in [0.717, 1.165) is 23.7 Å². The Kier molecular flexibility index (Phi) is 8.10. The molecule has 12 nitrogen and oxygen atoms in total. The molecule has 2 amide bonds. The molecule has 4 aromatic rings. The standard InChI is InChI=1S/C29H28ClF3N10O2/c30-22-14-19(3-4-20(22)28(45)41-11-9-40(10-12-41)27(44)17-1-2-18(35)13-17)38-25-26-37-15-23(43(26)8-6-36-25)21-16-42(7-5-34)39-24(21)29(31,32)33/h3-4,6,8,14-18H,1-2,7,9-13,35H2,(H,36,38)/t17-,18-/m1/s1. The van der Waals surface area contributed by atoms with Gasteiger partial charge in [-0.2, -0.15) is 23.5 Å². The molecule has 1 aromatic carbocycles. The number of nitrogens with zero attached hydrogens (tertiary/aromatic N) is 8. The van der Waals surface area contributed by atoms with Gasteiger partial charge in [-0.25, -0.2) is 9.97 Å². The van der Waals surface area contributed by atoms with E-state index in [-0.39, 0.29) is 58.1 Å². The van der Waals surface area contributed by atoms with Crippen LogP contribution in [0.15, 0.2) is 43.0 Å². The van der Waals surface area contributed by atoms with Gasteiger partial charge in [-0.1, -0.05) is 11.6 Å². The monoisotopic (exact) mass is 640 g/mol. The summed E-state index contributed by atoms with van der Waals surface area (Å²) in [5, 5.41) is 15.7. The number of piperazine rings is 1. The van der Waals surface area contributed by atoms with Crippen molar-refractivity contribution in [2.75, 3.05) is 31.5 Å². The zero-order valence-corrected chi connectivity index (χ0v) is 24.6. The lowest BCUT2D eigenvalue weighted by molar-refractivity contribution is -0.141. The van der Waals surface area contributed by atoms with Crippen LogP contribution >= 0.6 is 11.6 Å². The van der Waals surface area contributed by atoms with Gasteiger partial charge in [-0.15, -0.1) is 0 Å².